The van der Waals surface area contributed by atoms with E-state index in [1.165, 1.54) is 0 Å². The molecular formula is C30H36N4O6S. The summed E-state index contributed by atoms with van der Waals surface area (Å²) in [7, 11) is 0. The van der Waals surface area contributed by atoms with E-state index in [-0.39, 0.29) is 22.4 Å². The lowest BCUT2D eigenvalue weighted by molar-refractivity contribution is 0.0524. The topological polar surface area (TPSA) is 143 Å². The van der Waals surface area contributed by atoms with Gasteiger partial charge in [0.05, 0.1) is 11.0 Å². The average molecular weight is 581 g/mol. The molecule has 0 saturated carbocycles. The minimum absolute atomic E-state index is 0.00279. The van der Waals surface area contributed by atoms with Crippen LogP contribution >= 0.6 is 11.3 Å². The van der Waals surface area contributed by atoms with Crippen LogP contribution in [-0.4, -0.2) is 45.0 Å². The summed E-state index contributed by atoms with van der Waals surface area (Å²) in [6, 6.07) is 9.23. The van der Waals surface area contributed by atoms with Gasteiger partial charge in [-0.05, 0) is 77.1 Å². The van der Waals surface area contributed by atoms with E-state index in [0.717, 1.165) is 16.9 Å². The van der Waals surface area contributed by atoms with Crippen molar-refractivity contribution in [2.75, 3.05) is 11.9 Å². The van der Waals surface area contributed by atoms with Crippen LogP contribution in [0.25, 0.3) is 32.2 Å². The van der Waals surface area contributed by atoms with E-state index in [1.807, 2.05) is 52.0 Å². The number of pyridine rings is 1. The van der Waals surface area contributed by atoms with E-state index in [9.17, 15) is 19.5 Å². The number of amides is 2. The molecule has 41 heavy (non-hydrogen) atoms. The average Bonchev–Trinajstić information content (AvgIpc) is 3.25. The van der Waals surface area contributed by atoms with Crippen molar-refractivity contribution in [2.45, 2.75) is 72.5 Å². The van der Waals surface area contributed by atoms with Crippen molar-refractivity contribution < 1.29 is 24.2 Å². The monoisotopic (exact) mass is 580 g/mol. The molecule has 4 N–H and O–H groups in total. The number of nitrogens with one attached hydrogen (secondary N) is 3. The second-order valence-electron chi connectivity index (χ2n) is 12.0. The number of phenolic OH excluding ortho intramolecular Hbond substituents is 1. The smallest absolute Gasteiger partial charge is 0.413 e. The number of hydrogen-bond acceptors (Lipinski definition) is 8. The zero-order chi connectivity index (χ0) is 30.3. The number of nitrogens with zero attached hydrogens (tertiary/aromatic N) is 1. The quantitative estimate of drug-likeness (QED) is 0.203. The number of carbonyl (C=O) groups is 2. The number of H-pyrrole nitrogens is 1. The fourth-order valence-corrected chi connectivity index (χ4v) is 5.25. The SMILES string of the molecule is Cc1cc(O)c(-c2ccc([C@@H](C)CNC(=O)OC(C)(C)C)cc2)c2c1[nH]c(=O)c1sc(NC(=O)OC(C)(C)C)nc12. The van der Waals surface area contributed by atoms with Crippen LogP contribution in [0, 0.1) is 6.92 Å². The molecule has 10 nitrogen and oxygen atoms in total. The predicted octanol–water partition coefficient (Wildman–Crippen LogP) is 6.79. The molecule has 4 rings (SSSR count). The lowest BCUT2D eigenvalue weighted by Gasteiger charge is -2.21. The highest BCUT2D eigenvalue weighted by Gasteiger charge is 2.23. The van der Waals surface area contributed by atoms with Gasteiger partial charge in [0.15, 0.2) is 5.13 Å². The third-order valence-electron chi connectivity index (χ3n) is 6.14. The Morgan fingerprint density at radius 3 is 2.27 bits per heavy atom. The van der Waals surface area contributed by atoms with E-state index in [1.54, 1.807) is 33.8 Å². The highest BCUT2D eigenvalue weighted by atomic mass is 32.1. The molecule has 0 unspecified atom stereocenters. The number of fused-ring (bicyclic) bond motifs is 3. The molecule has 0 aliphatic carbocycles. The maximum Gasteiger partial charge on any atom is 0.413 e. The fourth-order valence-electron chi connectivity index (χ4n) is 4.39. The van der Waals surface area contributed by atoms with Gasteiger partial charge in [0, 0.05) is 17.5 Å². The van der Waals surface area contributed by atoms with Gasteiger partial charge in [-0.2, -0.15) is 0 Å². The van der Waals surface area contributed by atoms with Crippen molar-refractivity contribution in [1.82, 2.24) is 15.3 Å². The molecule has 0 radical (unpaired) electrons. The van der Waals surface area contributed by atoms with Crippen LogP contribution in [0.1, 0.15) is 65.5 Å². The van der Waals surface area contributed by atoms with Gasteiger partial charge in [-0.25, -0.2) is 14.6 Å². The molecule has 0 aliphatic rings. The summed E-state index contributed by atoms with van der Waals surface area (Å²) >= 11 is 1.03. The van der Waals surface area contributed by atoms with E-state index in [4.69, 9.17) is 9.47 Å². The number of rotatable bonds is 5. The Kier molecular flexibility index (Phi) is 8.04. The van der Waals surface area contributed by atoms with Crippen molar-refractivity contribution in [3.05, 3.63) is 51.8 Å². The zero-order valence-corrected chi connectivity index (χ0v) is 25.3. The lowest BCUT2D eigenvalue weighted by atomic mass is 9.93. The maximum atomic E-state index is 13.0. The van der Waals surface area contributed by atoms with E-state index >= 15 is 0 Å². The first-order valence-corrected chi connectivity index (χ1v) is 14.1. The first kappa shape index (κ1) is 29.9. The Labute approximate surface area is 242 Å². The van der Waals surface area contributed by atoms with Gasteiger partial charge in [-0.1, -0.05) is 42.5 Å². The number of phenols is 1. The predicted molar refractivity (Wildman–Crippen MR) is 162 cm³/mol. The molecule has 2 aromatic heterocycles. The lowest BCUT2D eigenvalue weighted by Crippen LogP contribution is -2.34. The first-order valence-electron chi connectivity index (χ1n) is 13.3. The van der Waals surface area contributed by atoms with Crippen LogP contribution in [0.5, 0.6) is 5.75 Å². The van der Waals surface area contributed by atoms with Gasteiger partial charge in [0.25, 0.3) is 5.56 Å². The van der Waals surface area contributed by atoms with Crippen molar-refractivity contribution >= 4 is 49.8 Å². The maximum absolute atomic E-state index is 13.0. The molecule has 0 spiro atoms. The number of carbonyl (C=O) groups excluding carboxylic acids is 2. The van der Waals surface area contributed by atoms with Crippen LogP contribution in [0.4, 0.5) is 14.7 Å². The molecule has 0 aliphatic heterocycles. The van der Waals surface area contributed by atoms with Crippen molar-refractivity contribution in [1.29, 1.82) is 0 Å². The molecule has 0 fully saturated rings. The van der Waals surface area contributed by atoms with E-state index in [0.29, 0.717) is 44.4 Å². The summed E-state index contributed by atoms with van der Waals surface area (Å²) in [5, 5.41) is 17.3. The Balaban J connectivity index is 1.71. The number of aromatic nitrogens is 2. The molecule has 4 aromatic rings. The molecule has 2 aromatic carbocycles. The Hall–Kier alpha value is -4.12. The summed E-state index contributed by atoms with van der Waals surface area (Å²) < 4.78 is 11.0. The Morgan fingerprint density at radius 1 is 1.05 bits per heavy atom. The number of thiazole rings is 1. The number of alkyl carbamates (subject to hydrolysis) is 1. The molecule has 2 amide bonds. The molecule has 0 bridgehead atoms. The second-order valence-corrected chi connectivity index (χ2v) is 13.0. The number of ether oxygens (including phenoxy) is 2. The molecule has 11 heteroatoms. The van der Waals surface area contributed by atoms with Crippen molar-refractivity contribution in [3.63, 3.8) is 0 Å². The second kappa shape index (κ2) is 11.0. The summed E-state index contributed by atoms with van der Waals surface area (Å²) in [6.45, 7) is 14.9. The van der Waals surface area contributed by atoms with E-state index < -0.39 is 23.4 Å². The summed E-state index contributed by atoms with van der Waals surface area (Å²) in [6.07, 6.45) is -1.15. The summed E-state index contributed by atoms with van der Waals surface area (Å²) in [4.78, 5) is 44.9. The molecule has 2 heterocycles. The normalized spacial score (nSPS) is 12.8. The number of anilines is 1. The zero-order valence-electron chi connectivity index (χ0n) is 24.5. The van der Waals surface area contributed by atoms with Gasteiger partial charge in [0.2, 0.25) is 0 Å². The Morgan fingerprint density at radius 2 is 1.66 bits per heavy atom. The largest absolute Gasteiger partial charge is 0.507 e. The van der Waals surface area contributed by atoms with Crippen LogP contribution in [-0.2, 0) is 9.47 Å². The van der Waals surface area contributed by atoms with Gasteiger partial charge in [0.1, 0.15) is 21.7 Å². The minimum Gasteiger partial charge on any atom is -0.507 e. The highest BCUT2D eigenvalue weighted by molar-refractivity contribution is 7.22. The van der Waals surface area contributed by atoms with Gasteiger partial charge >= 0.3 is 12.2 Å². The van der Waals surface area contributed by atoms with E-state index in [2.05, 4.69) is 20.6 Å². The first-order chi connectivity index (χ1) is 19.0. The van der Waals surface area contributed by atoms with Gasteiger partial charge < -0.3 is 24.9 Å². The third-order valence-corrected chi connectivity index (χ3v) is 7.11. The standard InChI is InChI=1S/C30H36N4O6S/c1-15-13-19(35)20(18-11-9-17(10-12-18)16(2)14-31-27(37)39-29(3,4)5)21-22(15)32-25(36)24-23(21)33-26(41-24)34-28(38)40-30(6,7)8/h9-13,16,35H,14H2,1-8H3,(H,31,37)(H,32,36)(H,33,34,38)/t16-/m0/s1. The molecule has 218 valence electrons. The van der Waals surface area contributed by atoms with Crippen LogP contribution in [0.15, 0.2) is 35.1 Å². The molecule has 1 atom stereocenters. The minimum atomic E-state index is -0.698. The van der Waals surface area contributed by atoms with Crippen LogP contribution in [0.2, 0.25) is 0 Å². The summed E-state index contributed by atoms with van der Waals surface area (Å²) in [5.41, 5.74) is 2.17. The van der Waals surface area contributed by atoms with Crippen molar-refractivity contribution in [2.24, 2.45) is 0 Å². The van der Waals surface area contributed by atoms with Gasteiger partial charge in [-0.3, -0.25) is 10.1 Å². The molecular weight excluding hydrogens is 544 g/mol. The number of aromatic hydroxyl groups is 1. The number of hydrogen-bond donors (Lipinski definition) is 4. The fraction of sp³-hybridized carbons (Fsp3) is 0.400. The third kappa shape index (κ3) is 6.97. The number of aromatic amines is 1. The van der Waals surface area contributed by atoms with Crippen LogP contribution in [0.3, 0.4) is 0 Å². The van der Waals surface area contributed by atoms with Crippen LogP contribution < -0.4 is 16.2 Å². The highest BCUT2D eigenvalue weighted by Crippen LogP contribution is 2.41. The van der Waals surface area contributed by atoms with Gasteiger partial charge in [-0.15, -0.1) is 0 Å². The summed E-state index contributed by atoms with van der Waals surface area (Å²) in [5.74, 6) is 0.0356. The number of benzene rings is 2. The van der Waals surface area contributed by atoms with Crippen molar-refractivity contribution in [3.8, 4) is 16.9 Å². The number of aryl methyl sites for hydroxylation is 1. The Bertz CT molecular complexity index is 1680. The molecule has 0 saturated heterocycles.